The van der Waals surface area contributed by atoms with Crippen LogP contribution in [0.3, 0.4) is 0 Å². The van der Waals surface area contributed by atoms with Gasteiger partial charge in [0.15, 0.2) is 0 Å². The quantitative estimate of drug-likeness (QED) is 0.416. The molecular weight excluding hydrogens is 406 g/mol. The largest absolute Gasteiger partial charge is 0.333 e. The third kappa shape index (κ3) is 4.49. The van der Waals surface area contributed by atoms with Crippen molar-refractivity contribution in [2.45, 2.75) is 18.9 Å². The summed E-state index contributed by atoms with van der Waals surface area (Å²) in [4.78, 5) is 15.5. The highest BCUT2D eigenvalue weighted by molar-refractivity contribution is 6.02. The molecule has 2 heterocycles. The number of nitrogens with zero attached hydrogens (tertiary/aromatic N) is 4. The van der Waals surface area contributed by atoms with Crippen molar-refractivity contribution in [3.8, 4) is 11.1 Å². The fraction of sp³-hybridized carbons (Fsp3) is 0.192. The van der Waals surface area contributed by atoms with Gasteiger partial charge >= 0.3 is 0 Å². The van der Waals surface area contributed by atoms with Gasteiger partial charge in [-0.15, -0.1) is 13.2 Å². The third-order valence-corrected chi connectivity index (χ3v) is 5.47. The van der Waals surface area contributed by atoms with Crippen molar-refractivity contribution < 1.29 is 8.78 Å². The first-order valence-electron chi connectivity index (χ1n) is 10.5. The Balaban J connectivity index is 1.51. The molecule has 1 aliphatic rings. The molecule has 0 amide bonds. The van der Waals surface area contributed by atoms with Gasteiger partial charge in [-0.05, 0) is 36.1 Å². The zero-order valence-corrected chi connectivity index (χ0v) is 17.7. The van der Waals surface area contributed by atoms with Crippen LogP contribution in [0.4, 0.5) is 14.7 Å². The SMILES string of the molecule is C=CCN(CC=C)c1ncc(-c2ccc(C3CCC(c4c(F)cccc4F)=N3)cc2)cn1. The van der Waals surface area contributed by atoms with Crippen molar-refractivity contribution in [2.24, 2.45) is 4.99 Å². The topological polar surface area (TPSA) is 41.4 Å². The molecule has 2 aromatic carbocycles. The molecule has 0 spiro atoms. The van der Waals surface area contributed by atoms with E-state index in [9.17, 15) is 8.78 Å². The van der Waals surface area contributed by atoms with Crippen LogP contribution in [-0.2, 0) is 0 Å². The Morgan fingerprint density at radius 3 is 2.12 bits per heavy atom. The summed E-state index contributed by atoms with van der Waals surface area (Å²) >= 11 is 0. The van der Waals surface area contributed by atoms with Crippen LogP contribution in [0.25, 0.3) is 11.1 Å². The maximum Gasteiger partial charge on any atom is 0.225 e. The van der Waals surface area contributed by atoms with Gasteiger partial charge in [0.2, 0.25) is 5.95 Å². The van der Waals surface area contributed by atoms with Gasteiger partial charge in [0.05, 0.1) is 11.6 Å². The summed E-state index contributed by atoms with van der Waals surface area (Å²) in [5, 5.41) is 0. The van der Waals surface area contributed by atoms with E-state index in [0.717, 1.165) is 23.1 Å². The Labute approximate surface area is 186 Å². The molecular formula is C26H24F2N4. The molecule has 1 unspecified atom stereocenters. The van der Waals surface area contributed by atoms with E-state index in [1.54, 1.807) is 24.5 Å². The molecule has 1 aromatic heterocycles. The molecule has 3 aromatic rings. The minimum Gasteiger partial charge on any atom is -0.333 e. The zero-order valence-electron chi connectivity index (χ0n) is 17.7. The Hall–Kier alpha value is -3.67. The van der Waals surface area contributed by atoms with Crippen molar-refractivity contribution in [1.29, 1.82) is 0 Å². The van der Waals surface area contributed by atoms with E-state index in [-0.39, 0.29) is 11.6 Å². The Morgan fingerprint density at radius 2 is 1.53 bits per heavy atom. The van der Waals surface area contributed by atoms with Crippen LogP contribution in [0.15, 0.2) is 85.2 Å². The van der Waals surface area contributed by atoms with Gasteiger partial charge in [0, 0.05) is 36.8 Å². The lowest BCUT2D eigenvalue weighted by molar-refractivity contribution is 0.578. The predicted molar refractivity (Wildman–Crippen MR) is 125 cm³/mol. The average molecular weight is 431 g/mol. The average Bonchev–Trinajstić information content (AvgIpc) is 3.29. The molecule has 32 heavy (non-hydrogen) atoms. The first-order chi connectivity index (χ1) is 15.6. The summed E-state index contributed by atoms with van der Waals surface area (Å²) < 4.78 is 28.2. The molecule has 1 aliphatic heterocycles. The van der Waals surface area contributed by atoms with Gasteiger partial charge in [-0.2, -0.15) is 0 Å². The highest BCUT2D eigenvalue weighted by Gasteiger charge is 2.24. The summed E-state index contributed by atoms with van der Waals surface area (Å²) in [5.74, 6) is -0.510. The van der Waals surface area contributed by atoms with Crippen LogP contribution < -0.4 is 4.90 Å². The molecule has 0 bridgehead atoms. The number of hydrogen-bond donors (Lipinski definition) is 0. The normalized spacial score (nSPS) is 15.3. The highest BCUT2D eigenvalue weighted by atomic mass is 19.1. The number of aromatic nitrogens is 2. The smallest absolute Gasteiger partial charge is 0.225 e. The monoisotopic (exact) mass is 430 g/mol. The van der Waals surface area contributed by atoms with Gasteiger partial charge in [0.1, 0.15) is 11.6 Å². The molecule has 0 radical (unpaired) electrons. The van der Waals surface area contributed by atoms with Gasteiger partial charge in [0.25, 0.3) is 0 Å². The second-order valence-electron chi connectivity index (χ2n) is 7.60. The van der Waals surface area contributed by atoms with E-state index >= 15 is 0 Å². The molecule has 0 saturated heterocycles. The first kappa shape index (κ1) is 21.6. The van der Waals surface area contributed by atoms with Crippen molar-refractivity contribution in [1.82, 2.24) is 9.97 Å². The molecule has 1 atom stereocenters. The molecule has 162 valence electrons. The minimum atomic E-state index is -0.567. The molecule has 0 aliphatic carbocycles. The standard InChI is InChI=1S/C26H24F2N4/c1-3-14-32(15-4-2)26-29-16-20(17-30-26)18-8-10-19(11-9-18)23-12-13-24(31-23)25-21(27)6-5-7-22(25)28/h3-11,16-17,23H,1-2,12-15H2. The summed E-state index contributed by atoms with van der Waals surface area (Å²) in [6, 6.07) is 11.8. The maximum atomic E-state index is 14.1. The zero-order chi connectivity index (χ0) is 22.5. The number of aliphatic imine (C=N–C) groups is 1. The number of halogens is 2. The van der Waals surface area contributed by atoms with Crippen molar-refractivity contribution >= 4 is 11.7 Å². The van der Waals surface area contributed by atoms with E-state index < -0.39 is 11.6 Å². The lowest BCUT2D eigenvalue weighted by Crippen LogP contribution is -2.25. The van der Waals surface area contributed by atoms with E-state index in [0.29, 0.717) is 31.2 Å². The van der Waals surface area contributed by atoms with E-state index in [1.165, 1.54) is 18.2 Å². The third-order valence-electron chi connectivity index (χ3n) is 5.47. The van der Waals surface area contributed by atoms with Gasteiger partial charge in [-0.1, -0.05) is 42.5 Å². The molecule has 4 rings (SSSR count). The molecule has 0 N–H and O–H groups in total. The van der Waals surface area contributed by atoms with Gasteiger partial charge in [-0.25, -0.2) is 18.7 Å². The summed E-state index contributed by atoms with van der Waals surface area (Å²) in [6.07, 6.45) is 8.47. The van der Waals surface area contributed by atoms with Crippen molar-refractivity contribution in [3.05, 3.63) is 103 Å². The van der Waals surface area contributed by atoms with Crippen LogP contribution in [0.2, 0.25) is 0 Å². The Morgan fingerprint density at radius 1 is 0.906 bits per heavy atom. The summed E-state index contributed by atoms with van der Waals surface area (Å²) in [7, 11) is 0. The van der Waals surface area contributed by atoms with Crippen molar-refractivity contribution in [3.63, 3.8) is 0 Å². The molecule has 0 fully saturated rings. The van der Waals surface area contributed by atoms with E-state index in [1.807, 2.05) is 29.2 Å². The number of rotatable bonds is 8. The van der Waals surface area contributed by atoms with Crippen LogP contribution in [-0.4, -0.2) is 28.8 Å². The van der Waals surface area contributed by atoms with Crippen LogP contribution >= 0.6 is 0 Å². The Bertz CT molecular complexity index is 1110. The van der Waals surface area contributed by atoms with Crippen LogP contribution in [0.1, 0.15) is 30.0 Å². The van der Waals surface area contributed by atoms with Gasteiger partial charge < -0.3 is 4.90 Å². The van der Waals surface area contributed by atoms with Gasteiger partial charge in [-0.3, -0.25) is 4.99 Å². The van der Waals surface area contributed by atoms with Crippen molar-refractivity contribution in [2.75, 3.05) is 18.0 Å². The minimum absolute atomic E-state index is 0.00851. The maximum absolute atomic E-state index is 14.1. The molecule has 6 heteroatoms. The van der Waals surface area contributed by atoms with E-state index in [4.69, 9.17) is 0 Å². The summed E-state index contributed by atoms with van der Waals surface area (Å²) in [5.41, 5.74) is 3.39. The number of hydrogen-bond acceptors (Lipinski definition) is 4. The predicted octanol–water partition coefficient (Wildman–Crippen LogP) is 5.92. The second-order valence-corrected chi connectivity index (χ2v) is 7.60. The fourth-order valence-corrected chi connectivity index (χ4v) is 3.88. The number of benzene rings is 2. The van der Waals surface area contributed by atoms with E-state index in [2.05, 4.69) is 28.1 Å². The lowest BCUT2D eigenvalue weighted by Gasteiger charge is -2.18. The van der Waals surface area contributed by atoms with Crippen LogP contribution in [0, 0.1) is 11.6 Å². The number of anilines is 1. The van der Waals surface area contributed by atoms with Crippen LogP contribution in [0.5, 0.6) is 0 Å². The Kier molecular flexibility index (Phi) is 6.50. The summed E-state index contributed by atoms with van der Waals surface area (Å²) in [6.45, 7) is 8.81. The fourth-order valence-electron chi connectivity index (χ4n) is 3.88. The molecule has 0 saturated carbocycles. The lowest BCUT2D eigenvalue weighted by atomic mass is 10.0. The molecule has 4 nitrogen and oxygen atoms in total. The second kappa shape index (κ2) is 9.64. The first-order valence-corrected chi connectivity index (χ1v) is 10.5. The highest BCUT2D eigenvalue weighted by Crippen LogP contribution is 2.33.